The van der Waals surface area contributed by atoms with E-state index in [4.69, 9.17) is 4.74 Å². The summed E-state index contributed by atoms with van der Waals surface area (Å²) in [5, 5.41) is 0. The van der Waals surface area contributed by atoms with Crippen LogP contribution in [0.25, 0.3) is 0 Å². The van der Waals surface area contributed by atoms with Crippen LogP contribution in [-0.2, 0) is 6.54 Å². The van der Waals surface area contributed by atoms with Crippen LogP contribution in [-0.4, -0.2) is 56.0 Å². The summed E-state index contributed by atoms with van der Waals surface area (Å²) in [4.78, 5) is 12.6. The maximum absolute atomic E-state index is 5.26. The lowest BCUT2D eigenvalue weighted by molar-refractivity contribution is 0.408. The number of aliphatic imine (C=N–C) groups is 1. The summed E-state index contributed by atoms with van der Waals surface area (Å²) in [7, 11) is 9.54. The van der Waals surface area contributed by atoms with E-state index < -0.39 is 0 Å². The Morgan fingerprint density at radius 2 is 1.94 bits per heavy atom. The van der Waals surface area contributed by atoms with Crippen LogP contribution < -0.4 is 4.74 Å². The van der Waals surface area contributed by atoms with E-state index in [-0.39, 0.29) is 0 Å². The second-order valence-electron chi connectivity index (χ2n) is 4.09. The molecule has 0 amide bonds. The van der Waals surface area contributed by atoms with Crippen molar-refractivity contribution >= 4 is 5.96 Å². The molecule has 5 nitrogen and oxygen atoms in total. The normalized spacial score (nSPS) is 9.71. The van der Waals surface area contributed by atoms with Crippen molar-refractivity contribution in [3.05, 3.63) is 24.0 Å². The van der Waals surface area contributed by atoms with Crippen LogP contribution >= 0.6 is 0 Å². The third kappa shape index (κ3) is 3.62. The molecule has 0 radical (unpaired) electrons. The van der Waals surface area contributed by atoms with E-state index in [1.807, 2.05) is 44.1 Å². The molecule has 0 aliphatic rings. The van der Waals surface area contributed by atoms with Gasteiger partial charge in [-0.05, 0) is 6.07 Å². The van der Waals surface area contributed by atoms with E-state index in [0.29, 0.717) is 6.54 Å². The highest BCUT2D eigenvalue weighted by molar-refractivity contribution is 5.79. The third-order valence-electron chi connectivity index (χ3n) is 2.27. The largest absolute Gasteiger partial charge is 0.496 e. The lowest BCUT2D eigenvalue weighted by atomic mass is 10.2. The molecule has 1 rings (SSSR count). The van der Waals surface area contributed by atoms with Crippen LogP contribution in [0.1, 0.15) is 5.56 Å². The summed E-state index contributed by atoms with van der Waals surface area (Å²) in [6.45, 7) is 0.558. The molecule has 1 aromatic heterocycles. The Labute approximate surface area is 103 Å². The molecule has 0 saturated heterocycles. The molecule has 0 bridgehead atoms. The highest BCUT2D eigenvalue weighted by Crippen LogP contribution is 2.16. The number of ether oxygens (including phenoxy) is 1. The first-order valence-corrected chi connectivity index (χ1v) is 5.42. The fourth-order valence-corrected chi connectivity index (χ4v) is 1.57. The van der Waals surface area contributed by atoms with Crippen molar-refractivity contribution in [3.63, 3.8) is 0 Å². The second kappa shape index (κ2) is 6.08. The van der Waals surface area contributed by atoms with Gasteiger partial charge < -0.3 is 14.5 Å². The Morgan fingerprint density at radius 1 is 1.29 bits per heavy atom. The van der Waals surface area contributed by atoms with Gasteiger partial charge in [-0.1, -0.05) is 0 Å². The minimum absolute atomic E-state index is 0.558. The summed E-state index contributed by atoms with van der Waals surface area (Å²) in [5.74, 6) is 1.73. The Kier molecular flexibility index (Phi) is 4.75. The summed E-state index contributed by atoms with van der Waals surface area (Å²) < 4.78 is 5.26. The maximum Gasteiger partial charge on any atom is 0.195 e. The molecule has 0 fully saturated rings. The van der Waals surface area contributed by atoms with E-state index in [1.165, 1.54) is 0 Å². The average molecular weight is 236 g/mol. The highest BCUT2D eigenvalue weighted by Gasteiger charge is 2.06. The van der Waals surface area contributed by atoms with Gasteiger partial charge in [0.25, 0.3) is 0 Å². The van der Waals surface area contributed by atoms with Crippen molar-refractivity contribution in [2.24, 2.45) is 4.99 Å². The maximum atomic E-state index is 5.26. The van der Waals surface area contributed by atoms with Gasteiger partial charge in [-0.25, -0.2) is 4.99 Å². The molecular weight excluding hydrogens is 216 g/mol. The van der Waals surface area contributed by atoms with Crippen LogP contribution in [0.4, 0.5) is 0 Å². The summed E-state index contributed by atoms with van der Waals surface area (Å²) in [5.41, 5.74) is 0.983. The van der Waals surface area contributed by atoms with Gasteiger partial charge in [0.2, 0.25) is 0 Å². The molecular formula is C12H20N4O. The van der Waals surface area contributed by atoms with Crippen LogP contribution in [0.3, 0.4) is 0 Å². The fraction of sp³-hybridized carbons (Fsp3) is 0.500. The zero-order valence-electron chi connectivity index (χ0n) is 11.1. The molecule has 0 aromatic carbocycles. The van der Waals surface area contributed by atoms with Gasteiger partial charge in [-0.3, -0.25) is 4.98 Å². The zero-order chi connectivity index (χ0) is 12.8. The molecule has 0 N–H and O–H groups in total. The van der Waals surface area contributed by atoms with Crippen molar-refractivity contribution in [1.82, 2.24) is 14.8 Å². The number of hydrogen-bond donors (Lipinski definition) is 0. The molecule has 0 atom stereocenters. The molecule has 0 spiro atoms. The topological polar surface area (TPSA) is 41.0 Å². The predicted molar refractivity (Wildman–Crippen MR) is 69.3 cm³/mol. The van der Waals surface area contributed by atoms with Gasteiger partial charge >= 0.3 is 0 Å². The Bertz CT molecular complexity index is 378. The molecule has 1 heterocycles. The molecule has 1 aromatic rings. The van der Waals surface area contributed by atoms with Crippen molar-refractivity contribution in [2.75, 3.05) is 35.3 Å². The number of nitrogens with zero attached hydrogens (tertiary/aromatic N) is 4. The smallest absolute Gasteiger partial charge is 0.195 e. The van der Waals surface area contributed by atoms with E-state index in [9.17, 15) is 0 Å². The second-order valence-corrected chi connectivity index (χ2v) is 4.09. The Morgan fingerprint density at radius 3 is 2.47 bits per heavy atom. The number of aromatic nitrogens is 1. The van der Waals surface area contributed by atoms with Crippen molar-refractivity contribution < 1.29 is 4.74 Å². The van der Waals surface area contributed by atoms with Gasteiger partial charge in [-0.15, -0.1) is 0 Å². The van der Waals surface area contributed by atoms with E-state index in [1.54, 1.807) is 19.5 Å². The molecule has 0 aliphatic carbocycles. The zero-order valence-corrected chi connectivity index (χ0v) is 11.1. The molecule has 17 heavy (non-hydrogen) atoms. The van der Waals surface area contributed by atoms with E-state index in [2.05, 4.69) is 9.98 Å². The Hall–Kier alpha value is -1.78. The van der Waals surface area contributed by atoms with E-state index >= 15 is 0 Å². The summed E-state index contributed by atoms with van der Waals surface area (Å²) in [6, 6.07) is 1.84. The lowest BCUT2D eigenvalue weighted by Crippen LogP contribution is -2.35. The van der Waals surface area contributed by atoms with Crippen LogP contribution in [0.2, 0.25) is 0 Å². The fourth-order valence-electron chi connectivity index (χ4n) is 1.57. The summed E-state index contributed by atoms with van der Waals surface area (Å²) in [6.07, 6.45) is 3.50. The standard InChI is InChI=1S/C12H20N4O/c1-15(2)12(16(3)4)14-9-10-8-13-7-6-11(10)17-5/h6-8H,9H2,1-5H3. The first kappa shape index (κ1) is 13.3. The van der Waals surface area contributed by atoms with Crippen molar-refractivity contribution in [2.45, 2.75) is 6.54 Å². The third-order valence-corrected chi connectivity index (χ3v) is 2.27. The predicted octanol–water partition coefficient (Wildman–Crippen LogP) is 1.07. The molecule has 94 valence electrons. The highest BCUT2D eigenvalue weighted by atomic mass is 16.5. The minimum Gasteiger partial charge on any atom is -0.496 e. The summed E-state index contributed by atoms with van der Waals surface area (Å²) >= 11 is 0. The van der Waals surface area contributed by atoms with Gasteiger partial charge in [0.15, 0.2) is 5.96 Å². The number of guanidine groups is 1. The first-order chi connectivity index (χ1) is 8.06. The lowest BCUT2D eigenvalue weighted by Gasteiger charge is -2.22. The number of methoxy groups -OCH3 is 1. The van der Waals surface area contributed by atoms with Crippen molar-refractivity contribution in [3.8, 4) is 5.75 Å². The average Bonchev–Trinajstić information content (AvgIpc) is 2.29. The number of hydrogen-bond acceptors (Lipinski definition) is 3. The van der Waals surface area contributed by atoms with Gasteiger partial charge in [0.1, 0.15) is 5.75 Å². The van der Waals surface area contributed by atoms with Crippen molar-refractivity contribution in [1.29, 1.82) is 0 Å². The molecule has 0 saturated carbocycles. The quantitative estimate of drug-likeness (QED) is 0.581. The number of pyridine rings is 1. The van der Waals surface area contributed by atoms with Crippen LogP contribution in [0.15, 0.2) is 23.5 Å². The Balaban J connectivity index is 2.87. The number of rotatable bonds is 3. The monoisotopic (exact) mass is 236 g/mol. The molecule has 0 aliphatic heterocycles. The minimum atomic E-state index is 0.558. The molecule has 0 unspecified atom stereocenters. The van der Waals surface area contributed by atoms with E-state index in [0.717, 1.165) is 17.3 Å². The van der Waals surface area contributed by atoms with Crippen LogP contribution in [0, 0.1) is 0 Å². The van der Waals surface area contributed by atoms with Gasteiger partial charge in [0.05, 0.1) is 13.7 Å². The molecule has 5 heteroatoms. The van der Waals surface area contributed by atoms with Gasteiger partial charge in [-0.2, -0.15) is 0 Å². The SMILES string of the molecule is COc1ccncc1CN=C(N(C)C)N(C)C. The first-order valence-electron chi connectivity index (χ1n) is 5.42. The van der Waals surface area contributed by atoms with Crippen LogP contribution in [0.5, 0.6) is 5.75 Å². The van der Waals surface area contributed by atoms with Gasteiger partial charge in [0, 0.05) is 46.1 Å².